The molecule has 0 saturated carbocycles. The van der Waals surface area contributed by atoms with E-state index < -0.39 is 30.9 Å². The van der Waals surface area contributed by atoms with Crippen LogP contribution in [0.5, 0.6) is 0 Å². The lowest BCUT2D eigenvalue weighted by atomic mass is 10.5. The van der Waals surface area contributed by atoms with Crippen molar-refractivity contribution in [1.29, 1.82) is 0 Å². The molecule has 0 heterocycles. The molecular formula is C6H8N2O5. The van der Waals surface area contributed by atoms with E-state index in [-0.39, 0.29) is 6.29 Å². The van der Waals surface area contributed by atoms with Crippen LogP contribution in [0, 0.1) is 0 Å². The minimum atomic E-state index is -1.19. The van der Waals surface area contributed by atoms with Crippen LogP contribution in [0.15, 0.2) is 0 Å². The number of amides is 2. The first kappa shape index (κ1) is 11.1. The van der Waals surface area contributed by atoms with Crippen molar-refractivity contribution in [2.45, 2.75) is 0 Å². The predicted octanol–water partition coefficient (Wildman–Crippen LogP) is -2.50. The summed E-state index contributed by atoms with van der Waals surface area (Å²) in [4.78, 5) is 40.6. The van der Waals surface area contributed by atoms with Crippen molar-refractivity contribution < 1.29 is 24.3 Å². The molecule has 0 aliphatic carbocycles. The third-order valence-corrected chi connectivity index (χ3v) is 0.967. The lowest BCUT2D eigenvalue weighted by Gasteiger charge is -2.01. The molecule has 0 spiro atoms. The summed E-state index contributed by atoms with van der Waals surface area (Å²) in [6, 6.07) is 0. The monoisotopic (exact) mass is 188 g/mol. The van der Waals surface area contributed by atoms with Crippen LogP contribution >= 0.6 is 0 Å². The third-order valence-electron chi connectivity index (χ3n) is 0.967. The van der Waals surface area contributed by atoms with E-state index in [2.05, 4.69) is 0 Å². The molecule has 0 aliphatic rings. The zero-order valence-electron chi connectivity index (χ0n) is 6.57. The fraction of sp³-hybridized carbons (Fsp3) is 0.333. The van der Waals surface area contributed by atoms with Gasteiger partial charge in [-0.15, -0.1) is 0 Å². The van der Waals surface area contributed by atoms with Crippen LogP contribution in [-0.2, 0) is 19.2 Å². The molecule has 72 valence electrons. The van der Waals surface area contributed by atoms with Gasteiger partial charge in [0.2, 0.25) is 12.2 Å². The second-order valence-corrected chi connectivity index (χ2v) is 2.01. The highest BCUT2D eigenvalue weighted by molar-refractivity contribution is 6.24. The highest BCUT2D eigenvalue weighted by atomic mass is 16.4. The van der Waals surface area contributed by atoms with Crippen LogP contribution in [0.3, 0.4) is 0 Å². The second kappa shape index (κ2) is 5.70. The van der Waals surface area contributed by atoms with Crippen LogP contribution < -0.4 is 10.6 Å². The molecule has 0 saturated heterocycles. The van der Waals surface area contributed by atoms with E-state index in [4.69, 9.17) is 5.11 Å². The maximum Gasteiger partial charge on any atom is 0.322 e. The lowest BCUT2D eigenvalue weighted by molar-refractivity contribution is -0.138. The smallest absolute Gasteiger partial charge is 0.322 e. The molecule has 0 atom stereocenters. The third kappa shape index (κ3) is 6.48. The first-order valence-corrected chi connectivity index (χ1v) is 3.27. The number of carbonyl (C=O) groups excluding carboxylic acids is 3. The Labute approximate surface area is 73.1 Å². The molecule has 7 heteroatoms. The van der Waals surface area contributed by atoms with Crippen LogP contribution in [0.2, 0.25) is 0 Å². The van der Waals surface area contributed by atoms with Gasteiger partial charge in [0.25, 0.3) is 5.91 Å². The largest absolute Gasteiger partial charge is 0.480 e. The Morgan fingerprint density at radius 2 is 1.77 bits per heavy atom. The quantitative estimate of drug-likeness (QED) is 0.326. The summed E-state index contributed by atoms with van der Waals surface area (Å²) >= 11 is 0. The van der Waals surface area contributed by atoms with Gasteiger partial charge in [-0.25, -0.2) is 0 Å². The highest BCUT2D eigenvalue weighted by Gasteiger charge is 2.04. The van der Waals surface area contributed by atoms with Crippen LogP contribution in [0.25, 0.3) is 0 Å². The van der Waals surface area contributed by atoms with Gasteiger partial charge in [0.15, 0.2) is 0 Å². The van der Waals surface area contributed by atoms with Gasteiger partial charge in [-0.3, -0.25) is 19.2 Å². The summed E-state index contributed by atoms with van der Waals surface area (Å²) in [5, 5.41) is 12.1. The Hall–Kier alpha value is -1.92. The summed E-state index contributed by atoms with van der Waals surface area (Å²) < 4.78 is 0. The molecule has 0 rings (SSSR count). The maximum absolute atomic E-state index is 10.7. The Bertz CT molecular complexity index is 237. The first-order valence-electron chi connectivity index (χ1n) is 3.27. The number of hydrogen-bond donors (Lipinski definition) is 3. The van der Waals surface area contributed by atoms with Crippen LogP contribution in [-0.4, -0.2) is 42.3 Å². The SMILES string of the molecule is O=CC(=O)NCC(=O)NCC(=O)O. The van der Waals surface area contributed by atoms with Gasteiger partial charge in [0.1, 0.15) is 6.54 Å². The van der Waals surface area contributed by atoms with E-state index in [1.807, 2.05) is 10.6 Å². The summed E-state index contributed by atoms with van der Waals surface area (Å²) in [6.45, 7) is -0.930. The van der Waals surface area contributed by atoms with E-state index >= 15 is 0 Å². The van der Waals surface area contributed by atoms with Crippen LogP contribution in [0.1, 0.15) is 0 Å². The minimum Gasteiger partial charge on any atom is -0.480 e. The zero-order chi connectivity index (χ0) is 10.3. The van der Waals surface area contributed by atoms with Crippen molar-refractivity contribution in [3.8, 4) is 0 Å². The topological polar surface area (TPSA) is 113 Å². The Morgan fingerprint density at radius 1 is 1.15 bits per heavy atom. The van der Waals surface area contributed by atoms with E-state index in [0.717, 1.165) is 0 Å². The second-order valence-electron chi connectivity index (χ2n) is 2.01. The van der Waals surface area contributed by atoms with E-state index in [9.17, 15) is 19.2 Å². The Balaban J connectivity index is 3.57. The molecule has 0 fully saturated rings. The molecule has 0 aliphatic heterocycles. The standard InChI is InChI=1S/C6H8N2O5/c9-3-5(11)7-1-4(10)8-2-6(12)13/h3H,1-2H2,(H,7,11)(H,8,10)(H,12,13). The molecule has 2 amide bonds. The number of hydrogen-bond acceptors (Lipinski definition) is 4. The fourth-order valence-corrected chi connectivity index (χ4v) is 0.446. The van der Waals surface area contributed by atoms with Gasteiger partial charge in [-0.05, 0) is 0 Å². The Kier molecular flexibility index (Phi) is 4.85. The summed E-state index contributed by atoms with van der Waals surface area (Å²) in [7, 11) is 0. The minimum absolute atomic E-state index is 0.0183. The molecule has 7 nitrogen and oxygen atoms in total. The first-order chi connectivity index (χ1) is 6.06. The van der Waals surface area contributed by atoms with Gasteiger partial charge in [-0.1, -0.05) is 0 Å². The van der Waals surface area contributed by atoms with E-state index in [0.29, 0.717) is 0 Å². The maximum atomic E-state index is 10.7. The molecule has 0 bridgehead atoms. The fourth-order valence-electron chi connectivity index (χ4n) is 0.446. The average molecular weight is 188 g/mol. The highest BCUT2D eigenvalue weighted by Crippen LogP contribution is 1.65. The van der Waals surface area contributed by atoms with E-state index in [1.54, 1.807) is 0 Å². The zero-order valence-corrected chi connectivity index (χ0v) is 6.57. The molecule has 0 aromatic rings. The molecule has 0 radical (unpaired) electrons. The number of carboxylic acid groups (broad SMARTS) is 1. The van der Waals surface area contributed by atoms with Crippen molar-refractivity contribution in [1.82, 2.24) is 10.6 Å². The summed E-state index contributed by atoms with van der Waals surface area (Å²) in [5.74, 6) is -2.78. The summed E-state index contributed by atoms with van der Waals surface area (Å²) in [6.07, 6.45) is 0.0183. The van der Waals surface area contributed by atoms with E-state index in [1.165, 1.54) is 0 Å². The van der Waals surface area contributed by atoms with Crippen LogP contribution in [0.4, 0.5) is 0 Å². The van der Waals surface area contributed by atoms with Crippen molar-refractivity contribution in [2.24, 2.45) is 0 Å². The normalized spacial score (nSPS) is 8.62. The number of nitrogens with one attached hydrogen (secondary N) is 2. The number of rotatable bonds is 5. The number of carboxylic acids is 1. The van der Waals surface area contributed by atoms with Gasteiger partial charge < -0.3 is 15.7 Å². The Morgan fingerprint density at radius 3 is 2.23 bits per heavy atom. The van der Waals surface area contributed by atoms with Gasteiger partial charge in [0, 0.05) is 0 Å². The van der Waals surface area contributed by atoms with Gasteiger partial charge >= 0.3 is 5.97 Å². The van der Waals surface area contributed by atoms with Crippen molar-refractivity contribution in [3.05, 3.63) is 0 Å². The predicted molar refractivity (Wildman–Crippen MR) is 39.7 cm³/mol. The van der Waals surface area contributed by atoms with Gasteiger partial charge in [0.05, 0.1) is 6.54 Å². The number of carbonyl (C=O) groups is 4. The molecule has 0 unspecified atom stereocenters. The lowest BCUT2D eigenvalue weighted by Crippen LogP contribution is -2.39. The van der Waals surface area contributed by atoms with Crippen molar-refractivity contribution in [3.63, 3.8) is 0 Å². The average Bonchev–Trinajstić information content (AvgIpc) is 2.10. The number of aldehydes is 1. The number of aliphatic carboxylic acids is 1. The summed E-state index contributed by atoms with van der Waals surface area (Å²) in [5.41, 5.74) is 0. The molecule has 3 N–H and O–H groups in total. The molecule has 0 aromatic carbocycles. The molecular weight excluding hydrogens is 180 g/mol. The van der Waals surface area contributed by atoms with Crippen molar-refractivity contribution >= 4 is 24.1 Å². The van der Waals surface area contributed by atoms with Gasteiger partial charge in [-0.2, -0.15) is 0 Å². The molecule has 0 aromatic heterocycles. The van der Waals surface area contributed by atoms with Crippen molar-refractivity contribution in [2.75, 3.05) is 13.1 Å². The molecule has 13 heavy (non-hydrogen) atoms.